The number of hydrogen-bond acceptors (Lipinski definition) is 5. The Morgan fingerprint density at radius 3 is 2.13 bits per heavy atom. The highest BCUT2D eigenvalue weighted by Gasteiger charge is 2.12. The second-order valence-electron chi connectivity index (χ2n) is 6.84. The maximum atomic E-state index is 12.6. The van der Waals surface area contributed by atoms with Crippen LogP contribution in [0.1, 0.15) is 38.1 Å². The zero-order chi connectivity index (χ0) is 22.1. The van der Waals surface area contributed by atoms with Crippen molar-refractivity contribution >= 4 is 29.3 Å². The third-order valence-electron chi connectivity index (χ3n) is 4.28. The first-order valence-corrected chi connectivity index (χ1v) is 9.64. The number of rotatable bonds is 7. The highest BCUT2D eigenvalue weighted by Crippen LogP contribution is 2.23. The fourth-order valence-corrected chi connectivity index (χ4v) is 2.36. The summed E-state index contributed by atoms with van der Waals surface area (Å²) >= 11 is 0. The summed E-state index contributed by atoms with van der Waals surface area (Å²) in [6.45, 7) is 7.80. The van der Waals surface area contributed by atoms with Gasteiger partial charge in [0.25, 0.3) is 5.91 Å². The monoisotopic (exact) mass is 410 g/mol. The number of carbonyl (C=O) groups excluding carboxylic acids is 3. The molecule has 2 N–H and O–H groups in total. The van der Waals surface area contributed by atoms with E-state index in [9.17, 15) is 14.4 Å². The lowest BCUT2D eigenvalue weighted by molar-refractivity contribution is -0.112. The van der Waals surface area contributed by atoms with Gasteiger partial charge in [-0.25, -0.2) is 4.79 Å². The quantitative estimate of drug-likeness (QED) is 0.380. The van der Waals surface area contributed by atoms with E-state index in [1.165, 1.54) is 24.3 Å². The number of hydrogen-bond donors (Lipinski definition) is 2. The number of nitrogens with one attached hydrogen (secondary N) is 2. The average molecular weight is 410 g/mol. The largest absolute Gasteiger partial charge is 0.513 e. The predicted molar refractivity (Wildman–Crippen MR) is 116 cm³/mol. The summed E-state index contributed by atoms with van der Waals surface area (Å²) < 4.78 is 9.68. The Balaban J connectivity index is 2.08. The van der Waals surface area contributed by atoms with Gasteiger partial charge in [-0.2, -0.15) is 0 Å². The van der Waals surface area contributed by atoms with Crippen LogP contribution in [0, 0.1) is 5.92 Å². The van der Waals surface area contributed by atoms with Crippen LogP contribution < -0.4 is 15.4 Å². The van der Waals surface area contributed by atoms with Crippen molar-refractivity contribution in [3.05, 3.63) is 65.7 Å². The van der Waals surface area contributed by atoms with Gasteiger partial charge in [0.1, 0.15) is 5.75 Å². The number of allylic oxidation sites excluding steroid dienone is 1. The Morgan fingerprint density at radius 1 is 0.967 bits per heavy atom. The van der Waals surface area contributed by atoms with Crippen molar-refractivity contribution in [2.45, 2.75) is 27.7 Å². The van der Waals surface area contributed by atoms with Gasteiger partial charge in [-0.3, -0.25) is 9.59 Å². The lowest BCUT2D eigenvalue weighted by Crippen LogP contribution is -2.16. The van der Waals surface area contributed by atoms with Crippen LogP contribution in [-0.2, 0) is 9.53 Å². The number of para-hydroxylation sites is 2. The van der Waals surface area contributed by atoms with E-state index in [4.69, 9.17) is 9.47 Å². The Morgan fingerprint density at radius 2 is 1.57 bits per heavy atom. The number of ether oxygens (including phenoxy) is 2. The molecule has 7 nitrogen and oxygen atoms in total. The molecule has 0 fully saturated rings. The molecule has 0 bridgehead atoms. The summed E-state index contributed by atoms with van der Waals surface area (Å²) in [5, 5.41) is 5.58. The second kappa shape index (κ2) is 10.8. The van der Waals surface area contributed by atoms with E-state index in [-0.39, 0.29) is 30.1 Å². The van der Waals surface area contributed by atoms with Crippen LogP contribution in [0.4, 0.5) is 16.2 Å². The van der Waals surface area contributed by atoms with Gasteiger partial charge in [0.05, 0.1) is 18.0 Å². The number of amides is 2. The van der Waals surface area contributed by atoms with Crippen LogP contribution in [-0.4, -0.2) is 24.6 Å². The molecule has 7 heteroatoms. The standard InChI is InChI=1S/C23H26N2O5/c1-5-29-23(28)30-18-12-10-17(11-13-18)22(27)25-20-9-7-6-8-19(20)24-21(26)14-16(4)15(2)3/h6-15H,5H2,1-4H3,(H,24,26)(H,25,27)/b16-14+. The number of carbonyl (C=O) groups is 3. The van der Waals surface area contributed by atoms with Crippen molar-refractivity contribution < 1.29 is 23.9 Å². The van der Waals surface area contributed by atoms with Gasteiger partial charge in [-0.1, -0.05) is 31.6 Å². The molecule has 2 amide bonds. The summed E-state index contributed by atoms with van der Waals surface area (Å²) in [5.41, 5.74) is 2.28. The summed E-state index contributed by atoms with van der Waals surface area (Å²) in [4.78, 5) is 36.2. The highest BCUT2D eigenvalue weighted by molar-refractivity contribution is 6.08. The van der Waals surface area contributed by atoms with Crippen LogP contribution in [0.2, 0.25) is 0 Å². The fourth-order valence-electron chi connectivity index (χ4n) is 2.36. The smallest absolute Gasteiger partial charge is 0.434 e. The third kappa shape index (κ3) is 6.77. The van der Waals surface area contributed by atoms with Gasteiger partial charge < -0.3 is 20.1 Å². The predicted octanol–water partition coefficient (Wildman–Crippen LogP) is 5.02. The molecule has 0 aromatic heterocycles. The third-order valence-corrected chi connectivity index (χ3v) is 4.28. The second-order valence-corrected chi connectivity index (χ2v) is 6.84. The van der Waals surface area contributed by atoms with E-state index in [1.54, 1.807) is 37.3 Å². The molecule has 0 radical (unpaired) electrons. The zero-order valence-corrected chi connectivity index (χ0v) is 17.5. The molecule has 30 heavy (non-hydrogen) atoms. The summed E-state index contributed by atoms with van der Waals surface area (Å²) in [5.74, 6) is -0.0943. The van der Waals surface area contributed by atoms with Gasteiger partial charge in [-0.15, -0.1) is 0 Å². The molecular weight excluding hydrogens is 384 g/mol. The first-order valence-electron chi connectivity index (χ1n) is 9.64. The van der Waals surface area contributed by atoms with Gasteiger partial charge in [0.15, 0.2) is 0 Å². The molecule has 0 aliphatic rings. The van der Waals surface area contributed by atoms with Gasteiger partial charge >= 0.3 is 6.16 Å². The molecule has 0 spiro atoms. The molecule has 0 aliphatic carbocycles. The van der Waals surface area contributed by atoms with Crippen molar-refractivity contribution in [3.63, 3.8) is 0 Å². The molecule has 158 valence electrons. The van der Waals surface area contributed by atoms with Crippen molar-refractivity contribution in [2.24, 2.45) is 5.92 Å². The van der Waals surface area contributed by atoms with Crippen LogP contribution in [0.5, 0.6) is 5.75 Å². The minimum atomic E-state index is -0.805. The van der Waals surface area contributed by atoms with Crippen LogP contribution in [0.15, 0.2) is 60.2 Å². The topological polar surface area (TPSA) is 93.7 Å². The van der Waals surface area contributed by atoms with E-state index < -0.39 is 6.16 Å². The maximum Gasteiger partial charge on any atom is 0.513 e. The Kier molecular flexibility index (Phi) is 8.17. The average Bonchev–Trinajstić information content (AvgIpc) is 2.70. The maximum absolute atomic E-state index is 12.6. The summed E-state index contributed by atoms with van der Waals surface area (Å²) in [6.07, 6.45) is 0.743. The number of anilines is 2. The van der Waals surface area contributed by atoms with Crippen molar-refractivity contribution in [1.82, 2.24) is 0 Å². The van der Waals surface area contributed by atoms with Gasteiger partial charge in [0, 0.05) is 11.6 Å². The Labute approximate surface area is 176 Å². The van der Waals surface area contributed by atoms with Gasteiger partial charge in [0.2, 0.25) is 5.91 Å². The van der Waals surface area contributed by atoms with E-state index in [1.807, 2.05) is 20.8 Å². The fraction of sp³-hybridized carbons (Fsp3) is 0.261. The van der Waals surface area contributed by atoms with E-state index >= 15 is 0 Å². The normalized spacial score (nSPS) is 11.0. The highest BCUT2D eigenvalue weighted by atomic mass is 16.7. The first kappa shape index (κ1) is 22.7. The van der Waals surface area contributed by atoms with Crippen LogP contribution in [0.25, 0.3) is 0 Å². The Bertz CT molecular complexity index is 933. The van der Waals surface area contributed by atoms with Crippen molar-refractivity contribution in [3.8, 4) is 5.75 Å². The van der Waals surface area contributed by atoms with Crippen molar-refractivity contribution in [1.29, 1.82) is 0 Å². The SMILES string of the molecule is CCOC(=O)Oc1ccc(C(=O)Nc2ccccc2NC(=O)/C=C(\C)C(C)C)cc1. The summed E-state index contributed by atoms with van der Waals surface area (Å²) in [7, 11) is 0. The van der Waals surface area contributed by atoms with Crippen molar-refractivity contribution in [2.75, 3.05) is 17.2 Å². The molecule has 0 atom stereocenters. The van der Waals surface area contributed by atoms with Crippen LogP contribution >= 0.6 is 0 Å². The molecule has 0 saturated heterocycles. The van der Waals surface area contributed by atoms with E-state index in [0.717, 1.165) is 5.57 Å². The molecule has 0 heterocycles. The first-order chi connectivity index (χ1) is 14.3. The Hall–Kier alpha value is -3.61. The molecule has 0 unspecified atom stereocenters. The minimum absolute atomic E-state index is 0.210. The molecular formula is C23H26N2O5. The lowest BCUT2D eigenvalue weighted by atomic mass is 10.1. The molecule has 2 aromatic rings. The molecule has 0 saturated carbocycles. The van der Waals surface area contributed by atoms with Gasteiger partial charge in [-0.05, 0) is 56.2 Å². The van der Waals surface area contributed by atoms with E-state index in [2.05, 4.69) is 10.6 Å². The van der Waals surface area contributed by atoms with Crippen LogP contribution in [0.3, 0.4) is 0 Å². The van der Waals surface area contributed by atoms with E-state index in [0.29, 0.717) is 16.9 Å². The molecule has 2 aromatic carbocycles. The zero-order valence-electron chi connectivity index (χ0n) is 17.5. The summed E-state index contributed by atoms with van der Waals surface area (Å²) in [6, 6.07) is 13.0. The lowest BCUT2D eigenvalue weighted by Gasteiger charge is -2.12. The molecule has 0 aliphatic heterocycles. The molecule has 2 rings (SSSR count). The minimum Gasteiger partial charge on any atom is -0.434 e. The number of benzene rings is 2.